The molecule has 1 aromatic carbocycles. The van der Waals surface area contributed by atoms with E-state index >= 15 is 0 Å². The highest BCUT2D eigenvalue weighted by Crippen LogP contribution is 2.22. The Morgan fingerprint density at radius 1 is 1.19 bits per heavy atom. The van der Waals surface area contributed by atoms with Gasteiger partial charge < -0.3 is 14.7 Å². The quantitative estimate of drug-likeness (QED) is 0.292. The summed E-state index contributed by atoms with van der Waals surface area (Å²) in [6.07, 6.45) is 0. The standard InChI is InChI=1S/C19H19N3O4S/c1-4-26-18(25)15-10(2)16(20-11(15)3)14(23)9-27-19-21-13-8-6-5-7-12(13)17(24)22-19/h5-8,20H,4,9H2,1-3H3,(H,21,22,24). The van der Waals surface area contributed by atoms with Crippen LogP contribution >= 0.6 is 11.8 Å². The number of hydrogen-bond donors (Lipinski definition) is 2. The van der Waals surface area contributed by atoms with Gasteiger partial charge in [-0.3, -0.25) is 9.59 Å². The maximum absolute atomic E-state index is 12.6. The Hall–Kier alpha value is -2.87. The number of ether oxygens (including phenoxy) is 1. The lowest BCUT2D eigenvalue weighted by molar-refractivity contribution is 0.0525. The van der Waals surface area contributed by atoms with Crippen molar-refractivity contribution in [2.75, 3.05) is 12.4 Å². The van der Waals surface area contributed by atoms with Crippen LogP contribution in [0.15, 0.2) is 34.2 Å². The molecule has 0 bridgehead atoms. The van der Waals surface area contributed by atoms with Crippen molar-refractivity contribution in [2.24, 2.45) is 0 Å². The van der Waals surface area contributed by atoms with Gasteiger partial charge in [-0.25, -0.2) is 9.78 Å². The second-order valence-corrected chi connectivity index (χ2v) is 6.91. The molecular weight excluding hydrogens is 366 g/mol. The number of esters is 1. The molecule has 0 amide bonds. The first-order valence-electron chi connectivity index (χ1n) is 8.43. The van der Waals surface area contributed by atoms with Crippen molar-refractivity contribution >= 4 is 34.4 Å². The zero-order valence-corrected chi connectivity index (χ0v) is 16.0. The lowest BCUT2D eigenvalue weighted by Crippen LogP contribution is -2.11. The topological polar surface area (TPSA) is 105 Å². The molecule has 0 fully saturated rings. The number of aromatic nitrogens is 3. The average molecular weight is 385 g/mol. The summed E-state index contributed by atoms with van der Waals surface area (Å²) in [6, 6.07) is 7.02. The summed E-state index contributed by atoms with van der Waals surface area (Å²) < 4.78 is 5.04. The van der Waals surface area contributed by atoms with E-state index in [0.717, 1.165) is 11.8 Å². The Bertz CT molecular complexity index is 1080. The number of benzene rings is 1. The number of rotatable bonds is 6. The van der Waals surface area contributed by atoms with Crippen LogP contribution in [-0.2, 0) is 4.74 Å². The van der Waals surface area contributed by atoms with Crippen molar-refractivity contribution in [2.45, 2.75) is 25.9 Å². The van der Waals surface area contributed by atoms with Crippen LogP contribution in [0.1, 0.15) is 39.0 Å². The first kappa shape index (κ1) is 18.9. The average Bonchev–Trinajstić information content (AvgIpc) is 2.94. The number of carbonyl (C=O) groups excluding carboxylic acids is 2. The van der Waals surface area contributed by atoms with E-state index in [4.69, 9.17) is 4.74 Å². The number of carbonyl (C=O) groups is 2. The minimum Gasteiger partial charge on any atom is -0.462 e. The van der Waals surface area contributed by atoms with Crippen molar-refractivity contribution in [1.29, 1.82) is 0 Å². The molecule has 0 aliphatic rings. The maximum atomic E-state index is 12.6. The number of ketones is 1. The number of hydrogen-bond acceptors (Lipinski definition) is 6. The minimum atomic E-state index is -0.448. The van der Waals surface area contributed by atoms with Crippen LogP contribution in [0.2, 0.25) is 0 Å². The number of Topliss-reactive ketones (excluding diaryl/α,β-unsaturated/α-hetero) is 1. The predicted molar refractivity (Wildman–Crippen MR) is 104 cm³/mol. The third kappa shape index (κ3) is 3.80. The van der Waals surface area contributed by atoms with Gasteiger partial charge in [-0.15, -0.1) is 0 Å². The van der Waals surface area contributed by atoms with Gasteiger partial charge in [-0.2, -0.15) is 0 Å². The summed E-state index contributed by atoms with van der Waals surface area (Å²) in [5.74, 6) is -0.562. The predicted octanol–water partition coefficient (Wildman–Crippen LogP) is 3.02. The molecule has 0 radical (unpaired) electrons. The first-order chi connectivity index (χ1) is 12.9. The molecule has 3 aromatic rings. The molecule has 0 aliphatic heterocycles. The zero-order valence-electron chi connectivity index (χ0n) is 15.2. The molecule has 8 heteroatoms. The van der Waals surface area contributed by atoms with Crippen molar-refractivity contribution < 1.29 is 14.3 Å². The highest BCUT2D eigenvalue weighted by atomic mass is 32.2. The molecule has 7 nitrogen and oxygen atoms in total. The van der Waals surface area contributed by atoms with Crippen LogP contribution in [0.5, 0.6) is 0 Å². The molecular formula is C19H19N3O4S. The van der Waals surface area contributed by atoms with E-state index in [1.54, 1.807) is 45.0 Å². The van der Waals surface area contributed by atoms with E-state index in [-0.39, 0.29) is 23.7 Å². The summed E-state index contributed by atoms with van der Waals surface area (Å²) in [5, 5.41) is 0.877. The third-order valence-corrected chi connectivity index (χ3v) is 5.00. The normalized spacial score (nSPS) is 10.9. The van der Waals surface area contributed by atoms with E-state index in [2.05, 4.69) is 15.0 Å². The number of nitrogens with one attached hydrogen (secondary N) is 2. The van der Waals surface area contributed by atoms with Crippen molar-refractivity contribution in [1.82, 2.24) is 15.0 Å². The fourth-order valence-corrected chi connectivity index (χ4v) is 3.62. The number of fused-ring (bicyclic) bond motifs is 1. The number of para-hydroxylation sites is 1. The van der Waals surface area contributed by atoms with E-state index in [1.165, 1.54) is 0 Å². The molecule has 2 heterocycles. The van der Waals surface area contributed by atoms with Gasteiger partial charge in [-0.1, -0.05) is 23.9 Å². The molecule has 0 saturated carbocycles. The van der Waals surface area contributed by atoms with Gasteiger partial charge in [0.2, 0.25) is 0 Å². The van der Waals surface area contributed by atoms with Gasteiger partial charge in [0, 0.05) is 5.69 Å². The van der Waals surface area contributed by atoms with E-state index in [9.17, 15) is 14.4 Å². The molecule has 3 rings (SSSR count). The fourth-order valence-electron chi connectivity index (χ4n) is 2.88. The highest BCUT2D eigenvalue weighted by molar-refractivity contribution is 7.99. The summed E-state index contributed by atoms with van der Waals surface area (Å²) in [7, 11) is 0. The molecule has 140 valence electrons. The van der Waals surface area contributed by atoms with Gasteiger partial charge in [-0.05, 0) is 38.5 Å². The van der Waals surface area contributed by atoms with Crippen molar-refractivity contribution in [3.05, 3.63) is 57.1 Å². The lowest BCUT2D eigenvalue weighted by atomic mass is 10.1. The van der Waals surface area contributed by atoms with E-state index < -0.39 is 5.97 Å². The summed E-state index contributed by atoms with van der Waals surface area (Å²) in [5.41, 5.74) is 2.25. The Labute approximate surface area is 159 Å². The van der Waals surface area contributed by atoms with E-state index in [0.29, 0.717) is 38.6 Å². The Kier molecular flexibility index (Phi) is 5.46. The number of aryl methyl sites for hydroxylation is 1. The molecule has 0 aliphatic carbocycles. The fraction of sp³-hybridized carbons (Fsp3) is 0.263. The van der Waals surface area contributed by atoms with Crippen molar-refractivity contribution in [3.63, 3.8) is 0 Å². The maximum Gasteiger partial charge on any atom is 0.340 e. The number of aromatic amines is 2. The highest BCUT2D eigenvalue weighted by Gasteiger charge is 2.23. The number of thioether (sulfide) groups is 1. The SMILES string of the molecule is CCOC(=O)c1c(C)[nH]c(C(=O)CSc2nc3ccccc3c(=O)[nH]2)c1C. The lowest BCUT2D eigenvalue weighted by Gasteiger charge is -2.04. The van der Waals surface area contributed by atoms with E-state index in [1.807, 2.05) is 0 Å². The van der Waals surface area contributed by atoms with Gasteiger partial charge in [0.05, 0.1) is 34.5 Å². The van der Waals surface area contributed by atoms with Gasteiger partial charge in [0.15, 0.2) is 10.9 Å². The van der Waals surface area contributed by atoms with Crippen molar-refractivity contribution in [3.8, 4) is 0 Å². The van der Waals surface area contributed by atoms with Gasteiger partial charge in [0.25, 0.3) is 5.56 Å². The smallest absolute Gasteiger partial charge is 0.340 e. The molecule has 2 aromatic heterocycles. The molecule has 0 atom stereocenters. The molecule has 27 heavy (non-hydrogen) atoms. The number of H-pyrrole nitrogens is 2. The van der Waals surface area contributed by atoms with Gasteiger partial charge >= 0.3 is 5.97 Å². The molecule has 2 N–H and O–H groups in total. The molecule has 0 saturated heterocycles. The van der Waals surface area contributed by atoms with Crippen LogP contribution in [-0.4, -0.2) is 39.1 Å². The second-order valence-electron chi connectivity index (χ2n) is 5.95. The summed E-state index contributed by atoms with van der Waals surface area (Å²) in [6.45, 7) is 5.44. The van der Waals surface area contributed by atoms with Crippen LogP contribution in [0.25, 0.3) is 10.9 Å². The summed E-state index contributed by atoms with van der Waals surface area (Å²) >= 11 is 1.14. The zero-order chi connectivity index (χ0) is 19.6. The van der Waals surface area contributed by atoms with Crippen LogP contribution in [0.3, 0.4) is 0 Å². The monoisotopic (exact) mass is 385 g/mol. The van der Waals surface area contributed by atoms with Gasteiger partial charge in [0.1, 0.15) is 0 Å². The van der Waals surface area contributed by atoms with Crippen LogP contribution in [0, 0.1) is 13.8 Å². The first-order valence-corrected chi connectivity index (χ1v) is 9.42. The largest absolute Gasteiger partial charge is 0.462 e. The molecule has 0 unspecified atom stereocenters. The van der Waals surface area contributed by atoms with Crippen LogP contribution in [0.4, 0.5) is 0 Å². The number of nitrogens with zero attached hydrogens (tertiary/aromatic N) is 1. The summed E-state index contributed by atoms with van der Waals surface area (Å²) in [4.78, 5) is 46.8. The minimum absolute atomic E-state index is 0.0737. The Morgan fingerprint density at radius 2 is 1.93 bits per heavy atom. The Balaban J connectivity index is 1.80. The third-order valence-electron chi connectivity index (χ3n) is 4.13. The molecule has 0 spiro atoms. The van der Waals surface area contributed by atoms with Crippen LogP contribution < -0.4 is 5.56 Å². The Morgan fingerprint density at radius 3 is 2.67 bits per heavy atom. The second kappa shape index (κ2) is 7.79.